The third-order valence-electron chi connectivity index (χ3n) is 3.20. The number of rotatable bonds is 10. The molecule has 0 saturated carbocycles. The Labute approximate surface area is 124 Å². The summed E-state index contributed by atoms with van der Waals surface area (Å²) in [5.74, 6) is 1.09. The molecule has 4 nitrogen and oxygen atoms in total. The van der Waals surface area contributed by atoms with E-state index in [0.717, 1.165) is 45.0 Å². The Bertz CT molecular complexity index is 348. The van der Waals surface area contributed by atoms with Crippen LogP contribution in [-0.2, 0) is 6.54 Å². The van der Waals surface area contributed by atoms with E-state index >= 15 is 0 Å². The third-order valence-corrected chi connectivity index (χ3v) is 3.20. The molecule has 20 heavy (non-hydrogen) atoms. The zero-order valence-electron chi connectivity index (χ0n) is 13.5. The molecule has 0 atom stereocenters. The van der Waals surface area contributed by atoms with Crippen molar-refractivity contribution in [1.82, 2.24) is 15.2 Å². The van der Waals surface area contributed by atoms with Gasteiger partial charge in [-0.15, -0.1) is 0 Å². The molecule has 114 valence electrons. The minimum atomic E-state index is 0.909. The van der Waals surface area contributed by atoms with Crippen molar-refractivity contribution in [1.29, 1.82) is 0 Å². The molecule has 0 radical (unpaired) electrons. The number of likely N-dealkylation sites (N-methyl/N-ethyl adjacent to an activating group) is 1. The molecule has 1 N–H and O–H groups in total. The van der Waals surface area contributed by atoms with Gasteiger partial charge in [-0.2, -0.15) is 0 Å². The van der Waals surface area contributed by atoms with Crippen LogP contribution in [0.3, 0.4) is 0 Å². The Kier molecular flexibility index (Phi) is 8.23. The summed E-state index contributed by atoms with van der Waals surface area (Å²) in [5.41, 5.74) is 1.26. The number of nitrogens with zero attached hydrogens (tertiary/aromatic N) is 3. The number of nitrogens with one attached hydrogen (secondary N) is 1. The number of aromatic nitrogens is 1. The minimum absolute atomic E-state index is 0.909. The second kappa shape index (κ2) is 9.72. The van der Waals surface area contributed by atoms with E-state index in [4.69, 9.17) is 0 Å². The van der Waals surface area contributed by atoms with Gasteiger partial charge >= 0.3 is 0 Å². The number of pyridine rings is 1. The fourth-order valence-corrected chi connectivity index (χ4v) is 2.05. The number of anilines is 1. The summed E-state index contributed by atoms with van der Waals surface area (Å²) in [6, 6.07) is 4.33. The van der Waals surface area contributed by atoms with Crippen molar-refractivity contribution >= 4 is 5.82 Å². The van der Waals surface area contributed by atoms with Crippen LogP contribution in [0.25, 0.3) is 0 Å². The maximum atomic E-state index is 4.62. The molecule has 1 heterocycles. The first-order valence-corrected chi connectivity index (χ1v) is 7.72. The van der Waals surface area contributed by atoms with Gasteiger partial charge in [0.1, 0.15) is 5.82 Å². The van der Waals surface area contributed by atoms with Crippen LogP contribution in [0.2, 0.25) is 0 Å². The lowest BCUT2D eigenvalue weighted by Gasteiger charge is -2.25. The highest BCUT2D eigenvalue weighted by Crippen LogP contribution is 2.12. The summed E-state index contributed by atoms with van der Waals surface area (Å²) >= 11 is 0. The lowest BCUT2D eigenvalue weighted by atomic mass is 10.2. The van der Waals surface area contributed by atoms with E-state index in [1.165, 1.54) is 12.0 Å². The predicted molar refractivity (Wildman–Crippen MR) is 87.3 cm³/mol. The van der Waals surface area contributed by atoms with Crippen molar-refractivity contribution in [3.8, 4) is 0 Å². The van der Waals surface area contributed by atoms with Gasteiger partial charge in [0.15, 0.2) is 0 Å². The van der Waals surface area contributed by atoms with Crippen LogP contribution in [0.4, 0.5) is 5.82 Å². The molecular formula is C16H30N4. The quantitative estimate of drug-likeness (QED) is 0.666. The van der Waals surface area contributed by atoms with Crippen molar-refractivity contribution in [2.45, 2.75) is 33.2 Å². The summed E-state index contributed by atoms with van der Waals surface area (Å²) in [5, 5.41) is 3.41. The van der Waals surface area contributed by atoms with Gasteiger partial charge in [0.2, 0.25) is 0 Å². The highest BCUT2D eigenvalue weighted by molar-refractivity contribution is 5.39. The average Bonchev–Trinajstić information content (AvgIpc) is 2.44. The smallest absolute Gasteiger partial charge is 0.128 e. The Balaban J connectivity index is 2.57. The second-order valence-electron chi connectivity index (χ2n) is 5.49. The Morgan fingerprint density at radius 1 is 1.05 bits per heavy atom. The van der Waals surface area contributed by atoms with Crippen molar-refractivity contribution in [2.75, 3.05) is 45.2 Å². The topological polar surface area (TPSA) is 31.4 Å². The maximum absolute atomic E-state index is 4.62. The van der Waals surface area contributed by atoms with Crippen LogP contribution < -0.4 is 10.2 Å². The van der Waals surface area contributed by atoms with Crippen molar-refractivity contribution < 1.29 is 0 Å². The van der Waals surface area contributed by atoms with Crippen LogP contribution >= 0.6 is 0 Å². The van der Waals surface area contributed by atoms with E-state index in [1.807, 2.05) is 6.20 Å². The van der Waals surface area contributed by atoms with Gasteiger partial charge in [-0.3, -0.25) is 0 Å². The molecule has 0 amide bonds. The molecule has 0 aliphatic rings. The van der Waals surface area contributed by atoms with Gasteiger partial charge in [-0.05, 0) is 45.1 Å². The van der Waals surface area contributed by atoms with Crippen molar-refractivity contribution in [2.24, 2.45) is 0 Å². The summed E-state index contributed by atoms with van der Waals surface area (Å²) in [7, 11) is 4.22. The number of hydrogen-bond donors (Lipinski definition) is 1. The molecule has 1 aromatic heterocycles. The lowest BCUT2D eigenvalue weighted by Crippen LogP contribution is -2.32. The van der Waals surface area contributed by atoms with Crippen LogP contribution in [0.1, 0.15) is 32.3 Å². The Hall–Kier alpha value is -1.13. The summed E-state index contributed by atoms with van der Waals surface area (Å²) in [6.45, 7) is 9.52. The molecule has 4 heteroatoms. The third kappa shape index (κ3) is 6.35. The molecule has 0 aliphatic heterocycles. The minimum Gasteiger partial charge on any atom is -0.355 e. The van der Waals surface area contributed by atoms with E-state index in [2.05, 4.69) is 60.2 Å². The van der Waals surface area contributed by atoms with Gasteiger partial charge in [0.05, 0.1) is 0 Å². The van der Waals surface area contributed by atoms with E-state index in [9.17, 15) is 0 Å². The van der Waals surface area contributed by atoms with Crippen LogP contribution in [0.5, 0.6) is 0 Å². The van der Waals surface area contributed by atoms with Crippen molar-refractivity contribution in [3.63, 3.8) is 0 Å². The first-order valence-electron chi connectivity index (χ1n) is 7.72. The van der Waals surface area contributed by atoms with Crippen LogP contribution in [-0.4, -0.2) is 50.2 Å². The first kappa shape index (κ1) is 16.9. The molecule has 1 rings (SSSR count). The van der Waals surface area contributed by atoms with E-state index in [-0.39, 0.29) is 0 Å². The highest BCUT2D eigenvalue weighted by Gasteiger charge is 2.07. The molecule has 0 aromatic carbocycles. The van der Waals surface area contributed by atoms with E-state index in [1.54, 1.807) is 0 Å². The fourth-order valence-electron chi connectivity index (χ4n) is 2.05. The largest absolute Gasteiger partial charge is 0.355 e. The molecule has 0 bridgehead atoms. The van der Waals surface area contributed by atoms with Crippen LogP contribution in [0, 0.1) is 0 Å². The van der Waals surface area contributed by atoms with Crippen LogP contribution in [0.15, 0.2) is 18.3 Å². The summed E-state index contributed by atoms with van der Waals surface area (Å²) in [4.78, 5) is 9.20. The molecule has 0 spiro atoms. The molecule has 0 fully saturated rings. The average molecular weight is 278 g/mol. The summed E-state index contributed by atoms with van der Waals surface area (Å²) < 4.78 is 0. The normalized spacial score (nSPS) is 11.1. The van der Waals surface area contributed by atoms with Gasteiger partial charge in [-0.25, -0.2) is 4.98 Å². The van der Waals surface area contributed by atoms with Crippen molar-refractivity contribution in [3.05, 3.63) is 23.9 Å². The van der Waals surface area contributed by atoms with Gasteiger partial charge in [0, 0.05) is 32.4 Å². The molecule has 1 aromatic rings. The number of hydrogen-bond acceptors (Lipinski definition) is 4. The standard InChI is InChI=1S/C16H30N4/c1-5-9-17-13-15-7-8-16(18-14-15)20(10-6-2)12-11-19(3)4/h7-8,14,17H,5-6,9-13H2,1-4H3. The summed E-state index contributed by atoms with van der Waals surface area (Å²) in [6.07, 6.45) is 4.31. The maximum Gasteiger partial charge on any atom is 0.128 e. The second-order valence-corrected chi connectivity index (χ2v) is 5.49. The van der Waals surface area contributed by atoms with E-state index in [0.29, 0.717) is 0 Å². The molecular weight excluding hydrogens is 248 g/mol. The lowest BCUT2D eigenvalue weighted by molar-refractivity contribution is 0.412. The first-order chi connectivity index (χ1) is 9.67. The zero-order valence-corrected chi connectivity index (χ0v) is 13.5. The van der Waals surface area contributed by atoms with Gasteiger partial charge in [0.25, 0.3) is 0 Å². The Morgan fingerprint density at radius 2 is 1.85 bits per heavy atom. The van der Waals surface area contributed by atoms with E-state index < -0.39 is 0 Å². The molecule has 0 unspecified atom stereocenters. The highest BCUT2D eigenvalue weighted by atomic mass is 15.2. The molecule has 0 saturated heterocycles. The fraction of sp³-hybridized carbons (Fsp3) is 0.688. The van der Waals surface area contributed by atoms with Gasteiger partial charge in [-0.1, -0.05) is 19.9 Å². The van der Waals surface area contributed by atoms with Gasteiger partial charge < -0.3 is 15.1 Å². The molecule has 0 aliphatic carbocycles. The Morgan fingerprint density at radius 3 is 2.40 bits per heavy atom. The zero-order chi connectivity index (χ0) is 14.8. The predicted octanol–water partition coefficient (Wildman–Crippen LogP) is 2.36. The monoisotopic (exact) mass is 278 g/mol. The SMILES string of the molecule is CCCNCc1ccc(N(CCC)CCN(C)C)nc1.